The van der Waals surface area contributed by atoms with E-state index in [-0.39, 0.29) is 18.2 Å². The van der Waals surface area contributed by atoms with Crippen LogP contribution in [0.3, 0.4) is 0 Å². The molecule has 1 saturated heterocycles. The van der Waals surface area contributed by atoms with Crippen molar-refractivity contribution in [1.29, 1.82) is 0 Å². The van der Waals surface area contributed by atoms with Gasteiger partial charge in [0.25, 0.3) is 0 Å². The van der Waals surface area contributed by atoms with Crippen molar-refractivity contribution in [3.63, 3.8) is 0 Å². The van der Waals surface area contributed by atoms with Gasteiger partial charge in [-0.1, -0.05) is 36.4 Å². The third-order valence-corrected chi connectivity index (χ3v) is 3.86. The number of hydrogen-bond donors (Lipinski definition) is 2. The van der Waals surface area contributed by atoms with E-state index in [2.05, 4.69) is 10.6 Å². The maximum atomic E-state index is 12.2. The van der Waals surface area contributed by atoms with Crippen molar-refractivity contribution in [1.82, 2.24) is 5.32 Å². The van der Waals surface area contributed by atoms with E-state index < -0.39 is 0 Å². The molecule has 2 N–H and O–H groups in total. The van der Waals surface area contributed by atoms with Gasteiger partial charge in [-0.05, 0) is 24.1 Å². The molecule has 0 aliphatic carbocycles. The van der Waals surface area contributed by atoms with Gasteiger partial charge in [-0.3, -0.25) is 0 Å². The summed E-state index contributed by atoms with van der Waals surface area (Å²) in [6.07, 6.45) is 0.692. The van der Waals surface area contributed by atoms with Crippen LogP contribution in [0, 0.1) is 0 Å². The Hall–Kier alpha value is -2.53. The van der Waals surface area contributed by atoms with Crippen LogP contribution in [0.5, 0.6) is 5.75 Å². The summed E-state index contributed by atoms with van der Waals surface area (Å²) in [5, 5.41) is 5.83. The molecule has 1 fully saturated rings. The molecule has 2 aromatic carbocycles. The van der Waals surface area contributed by atoms with E-state index in [1.807, 2.05) is 48.5 Å². The third kappa shape index (κ3) is 3.81. The van der Waals surface area contributed by atoms with E-state index in [1.165, 1.54) is 0 Å². The second-order valence-electron chi connectivity index (χ2n) is 5.43. The molecule has 23 heavy (non-hydrogen) atoms. The molecular formula is C18H20N2O3. The quantitative estimate of drug-likeness (QED) is 0.910. The van der Waals surface area contributed by atoms with E-state index >= 15 is 0 Å². The molecule has 0 saturated carbocycles. The predicted molar refractivity (Wildman–Crippen MR) is 88.7 cm³/mol. The fraction of sp³-hybridized carbons (Fsp3) is 0.278. The Balaban J connectivity index is 1.62. The minimum atomic E-state index is -0.241. The summed E-state index contributed by atoms with van der Waals surface area (Å²) in [5.41, 5.74) is 1.77. The third-order valence-electron chi connectivity index (χ3n) is 3.86. The van der Waals surface area contributed by atoms with Crippen molar-refractivity contribution in [2.45, 2.75) is 18.6 Å². The Morgan fingerprint density at radius 3 is 2.78 bits per heavy atom. The minimum Gasteiger partial charge on any atom is -0.497 e. The molecule has 0 aromatic heterocycles. The summed E-state index contributed by atoms with van der Waals surface area (Å²) in [7, 11) is 1.60. The lowest BCUT2D eigenvalue weighted by atomic mass is 10.0. The Kier molecular flexibility index (Phi) is 4.78. The van der Waals surface area contributed by atoms with Gasteiger partial charge in [0.05, 0.1) is 13.2 Å². The number of anilines is 1. The molecule has 0 spiro atoms. The van der Waals surface area contributed by atoms with Gasteiger partial charge < -0.3 is 20.1 Å². The van der Waals surface area contributed by atoms with Crippen LogP contribution in [0.2, 0.25) is 0 Å². The first-order valence-electron chi connectivity index (χ1n) is 7.64. The highest BCUT2D eigenvalue weighted by Gasteiger charge is 2.30. The zero-order valence-corrected chi connectivity index (χ0v) is 13.0. The SMILES string of the molecule is COc1cccc(NC(=O)N[C@@H]2CCO[C@@H]2c2ccccc2)c1. The summed E-state index contributed by atoms with van der Waals surface area (Å²) in [5.74, 6) is 0.703. The van der Waals surface area contributed by atoms with Gasteiger partial charge in [0.1, 0.15) is 11.9 Å². The maximum Gasteiger partial charge on any atom is 0.319 e. The van der Waals surface area contributed by atoms with Gasteiger partial charge in [0, 0.05) is 18.4 Å². The number of nitrogens with one attached hydrogen (secondary N) is 2. The van der Waals surface area contributed by atoms with Crippen molar-refractivity contribution in [3.05, 3.63) is 60.2 Å². The Labute approximate surface area is 135 Å². The van der Waals surface area contributed by atoms with E-state index in [1.54, 1.807) is 13.2 Å². The van der Waals surface area contributed by atoms with Gasteiger partial charge in [-0.15, -0.1) is 0 Å². The van der Waals surface area contributed by atoms with Crippen LogP contribution in [0.4, 0.5) is 10.5 Å². The minimum absolute atomic E-state index is 0.0389. The molecule has 2 amide bonds. The first-order chi connectivity index (χ1) is 11.3. The maximum absolute atomic E-state index is 12.2. The van der Waals surface area contributed by atoms with E-state index in [0.29, 0.717) is 18.0 Å². The number of amides is 2. The fourth-order valence-electron chi connectivity index (χ4n) is 2.74. The molecule has 5 heteroatoms. The van der Waals surface area contributed by atoms with Crippen LogP contribution in [-0.2, 0) is 4.74 Å². The molecule has 1 aliphatic heterocycles. The molecule has 0 unspecified atom stereocenters. The van der Waals surface area contributed by atoms with E-state index in [0.717, 1.165) is 12.0 Å². The summed E-state index contributed by atoms with van der Waals surface area (Å²) < 4.78 is 10.9. The lowest BCUT2D eigenvalue weighted by molar-refractivity contribution is 0.100. The number of ether oxygens (including phenoxy) is 2. The fourth-order valence-corrected chi connectivity index (χ4v) is 2.74. The summed E-state index contributed by atoms with van der Waals surface area (Å²) in [6, 6.07) is 16.9. The van der Waals surface area contributed by atoms with Crippen molar-refractivity contribution in [2.75, 3.05) is 19.0 Å². The molecule has 1 heterocycles. The number of methoxy groups -OCH3 is 1. The first-order valence-corrected chi connectivity index (χ1v) is 7.64. The zero-order valence-electron chi connectivity index (χ0n) is 13.0. The van der Waals surface area contributed by atoms with Crippen molar-refractivity contribution < 1.29 is 14.3 Å². The largest absolute Gasteiger partial charge is 0.497 e. The second kappa shape index (κ2) is 7.15. The Morgan fingerprint density at radius 2 is 2.00 bits per heavy atom. The number of benzene rings is 2. The number of hydrogen-bond acceptors (Lipinski definition) is 3. The topological polar surface area (TPSA) is 59.6 Å². The lowest BCUT2D eigenvalue weighted by Gasteiger charge is -2.20. The average Bonchev–Trinajstić information content (AvgIpc) is 3.03. The average molecular weight is 312 g/mol. The molecule has 0 bridgehead atoms. The van der Waals surface area contributed by atoms with Gasteiger partial charge in [0.15, 0.2) is 0 Å². The van der Waals surface area contributed by atoms with Crippen molar-refractivity contribution >= 4 is 11.7 Å². The van der Waals surface area contributed by atoms with E-state index in [4.69, 9.17) is 9.47 Å². The number of rotatable bonds is 4. The van der Waals surface area contributed by atoms with Gasteiger partial charge in [-0.25, -0.2) is 4.79 Å². The molecule has 3 rings (SSSR count). The van der Waals surface area contributed by atoms with Crippen LogP contribution >= 0.6 is 0 Å². The van der Waals surface area contributed by atoms with Gasteiger partial charge in [0.2, 0.25) is 0 Å². The zero-order chi connectivity index (χ0) is 16.1. The highest BCUT2D eigenvalue weighted by Crippen LogP contribution is 2.29. The number of urea groups is 1. The highest BCUT2D eigenvalue weighted by molar-refractivity contribution is 5.89. The van der Waals surface area contributed by atoms with Crippen LogP contribution < -0.4 is 15.4 Å². The molecule has 5 nitrogen and oxygen atoms in total. The summed E-state index contributed by atoms with van der Waals surface area (Å²) in [6.45, 7) is 0.643. The summed E-state index contributed by atoms with van der Waals surface area (Å²) in [4.78, 5) is 12.2. The molecule has 2 aromatic rings. The van der Waals surface area contributed by atoms with Crippen molar-refractivity contribution in [3.8, 4) is 5.75 Å². The highest BCUT2D eigenvalue weighted by atomic mass is 16.5. The van der Waals surface area contributed by atoms with Crippen LogP contribution in [0.1, 0.15) is 18.1 Å². The van der Waals surface area contributed by atoms with Gasteiger partial charge in [-0.2, -0.15) is 0 Å². The lowest BCUT2D eigenvalue weighted by Crippen LogP contribution is -2.39. The molecule has 120 valence electrons. The molecular weight excluding hydrogens is 292 g/mol. The standard InChI is InChI=1S/C18H20N2O3/c1-22-15-9-5-8-14(12-15)19-18(21)20-16-10-11-23-17(16)13-6-3-2-4-7-13/h2-9,12,16-17H,10-11H2,1H3,(H2,19,20,21)/t16-,17-/m1/s1. The van der Waals surface area contributed by atoms with E-state index in [9.17, 15) is 4.79 Å². The molecule has 1 aliphatic rings. The van der Waals surface area contributed by atoms with Crippen LogP contribution in [0.15, 0.2) is 54.6 Å². The van der Waals surface area contributed by atoms with Crippen LogP contribution in [0.25, 0.3) is 0 Å². The first kappa shape index (κ1) is 15.4. The molecule has 2 atom stereocenters. The second-order valence-corrected chi connectivity index (χ2v) is 5.43. The van der Waals surface area contributed by atoms with Gasteiger partial charge >= 0.3 is 6.03 Å². The number of carbonyl (C=O) groups excluding carboxylic acids is 1. The van der Waals surface area contributed by atoms with Crippen LogP contribution in [-0.4, -0.2) is 25.8 Å². The monoisotopic (exact) mass is 312 g/mol. The normalized spacial score (nSPS) is 20.0. The smallest absolute Gasteiger partial charge is 0.319 e. The predicted octanol–water partition coefficient (Wildman–Crippen LogP) is 3.35. The summed E-state index contributed by atoms with van der Waals surface area (Å²) >= 11 is 0. The van der Waals surface area contributed by atoms with Crippen molar-refractivity contribution in [2.24, 2.45) is 0 Å². The Morgan fingerprint density at radius 1 is 1.17 bits per heavy atom. The molecule has 0 radical (unpaired) electrons. The number of carbonyl (C=O) groups is 1. The Bertz CT molecular complexity index is 660.